The Bertz CT molecular complexity index is 440. The van der Waals surface area contributed by atoms with E-state index in [-0.39, 0.29) is 18.0 Å². The SMILES string of the molecule is Cc1nnc(Cl)c(C2(N)CC(F)(F)C2)c1C. The molecule has 1 saturated carbocycles. The van der Waals surface area contributed by atoms with Crippen LogP contribution in [0.4, 0.5) is 8.78 Å². The van der Waals surface area contributed by atoms with Crippen LogP contribution < -0.4 is 5.73 Å². The van der Waals surface area contributed by atoms with Crippen molar-refractivity contribution in [3.63, 3.8) is 0 Å². The lowest BCUT2D eigenvalue weighted by molar-refractivity contribution is -0.125. The molecule has 0 aliphatic heterocycles. The number of nitrogens with zero attached hydrogens (tertiary/aromatic N) is 2. The molecule has 0 saturated heterocycles. The van der Waals surface area contributed by atoms with Gasteiger partial charge in [0.15, 0.2) is 5.15 Å². The van der Waals surface area contributed by atoms with E-state index >= 15 is 0 Å². The van der Waals surface area contributed by atoms with E-state index in [1.165, 1.54) is 0 Å². The highest BCUT2D eigenvalue weighted by molar-refractivity contribution is 6.30. The predicted molar refractivity (Wildman–Crippen MR) is 56.6 cm³/mol. The zero-order valence-electron chi connectivity index (χ0n) is 9.02. The molecule has 16 heavy (non-hydrogen) atoms. The maximum Gasteiger partial charge on any atom is 0.252 e. The van der Waals surface area contributed by atoms with E-state index < -0.39 is 11.5 Å². The third-order valence-corrected chi connectivity index (χ3v) is 3.32. The van der Waals surface area contributed by atoms with Crippen LogP contribution in [0, 0.1) is 13.8 Å². The quantitative estimate of drug-likeness (QED) is 0.829. The van der Waals surface area contributed by atoms with Crippen LogP contribution >= 0.6 is 11.6 Å². The second-order valence-corrected chi connectivity index (χ2v) is 4.80. The molecule has 0 atom stereocenters. The molecule has 1 aromatic rings. The van der Waals surface area contributed by atoms with E-state index in [0.29, 0.717) is 11.3 Å². The summed E-state index contributed by atoms with van der Waals surface area (Å²) >= 11 is 5.89. The van der Waals surface area contributed by atoms with Crippen molar-refractivity contribution in [2.75, 3.05) is 0 Å². The second-order valence-electron chi connectivity index (χ2n) is 4.44. The summed E-state index contributed by atoms with van der Waals surface area (Å²) in [6.45, 7) is 3.53. The summed E-state index contributed by atoms with van der Waals surface area (Å²) in [5.74, 6) is -2.69. The molecule has 1 aromatic heterocycles. The minimum absolute atomic E-state index is 0.126. The number of hydrogen-bond acceptors (Lipinski definition) is 3. The molecule has 2 N–H and O–H groups in total. The molecular weight excluding hydrogens is 236 g/mol. The van der Waals surface area contributed by atoms with Gasteiger partial charge in [0.1, 0.15) is 0 Å². The highest BCUT2D eigenvalue weighted by Crippen LogP contribution is 2.51. The Labute approximate surface area is 97.0 Å². The number of halogens is 3. The number of aromatic nitrogens is 2. The lowest BCUT2D eigenvalue weighted by atomic mass is 9.69. The van der Waals surface area contributed by atoms with Crippen molar-refractivity contribution in [1.29, 1.82) is 0 Å². The molecule has 0 bridgehead atoms. The van der Waals surface area contributed by atoms with E-state index in [1.54, 1.807) is 13.8 Å². The first kappa shape index (κ1) is 11.7. The molecule has 1 aliphatic carbocycles. The predicted octanol–water partition coefficient (Wildman–Crippen LogP) is 2.33. The van der Waals surface area contributed by atoms with Crippen molar-refractivity contribution in [1.82, 2.24) is 10.2 Å². The lowest BCUT2D eigenvalue weighted by Gasteiger charge is -2.45. The zero-order chi connectivity index (χ0) is 12.1. The largest absolute Gasteiger partial charge is 0.321 e. The Morgan fingerprint density at radius 2 is 1.81 bits per heavy atom. The van der Waals surface area contributed by atoms with Crippen LogP contribution in [-0.4, -0.2) is 16.1 Å². The fourth-order valence-electron chi connectivity index (χ4n) is 2.21. The molecule has 88 valence electrons. The molecule has 0 aromatic carbocycles. The molecule has 1 aliphatic rings. The van der Waals surface area contributed by atoms with Gasteiger partial charge in [-0.3, -0.25) is 0 Å². The van der Waals surface area contributed by atoms with Crippen molar-refractivity contribution in [3.05, 3.63) is 22.0 Å². The van der Waals surface area contributed by atoms with Gasteiger partial charge >= 0.3 is 0 Å². The summed E-state index contributed by atoms with van der Waals surface area (Å²) in [6.07, 6.45) is -0.766. The van der Waals surface area contributed by atoms with E-state index in [4.69, 9.17) is 17.3 Å². The highest BCUT2D eigenvalue weighted by Gasteiger charge is 2.56. The van der Waals surface area contributed by atoms with Gasteiger partial charge in [-0.05, 0) is 19.4 Å². The monoisotopic (exact) mass is 247 g/mol. The Hall–Kier alpha value is -0.810. The molecule has 0 unspecified atom stereocenters. The Kier molecular flexibility index (Phi) is 2.44. The summed E-state index contributed by atoms with van der Waals surface area (Å²) < 4.78 is 25.8. The molecule has 3 nitrogen and oxygen atoms in total. The van der Waals surface area contributed by atoms with Gasteiger partial charge in [0.25, 0.3) is 5.92 Å². The van der Waals surface area contributed by atoms with Gasteiger partial charge in [0.05, 0.1) is 11.2 Å². The topological polar surface area (TPSA) is 51.8 Å². The average molecular weight is 248 g/mol. The van der Waals surface area contributed by atoms with Crippen LogP contribution in [0.1, 0.15) is 29.7 Å². The van der Waals surface area contributed by atoms with Gasteiger partial charge in [-0.1, -0.05) is 11.6 Å². The zero-order valence-corrected chi connectivity index (χ0v) is 9.78. The van der Waals surface area contributed by atoms with E-state index in [9.17, 15) is 8.78 Å². The van der Waals surface area contributed by atoms with Crippen LogP contribution in [0.2, 0.25) is 5.15 Å². The van der Waals surface area contributed by atoms with Gasteiger partial charge in [-0.25, -0.2) is 8.78 Å². The molecule has 6 heteroatoms. The summed E-state index contributed by atoms with van der Waals surface area (Å²) in [5.41, 5.74) is 6.80. The molecule has 2 rings (SSSR count). The smallest absolute Gasteiger partial charge is 0.252 e. The Balaban J connectivity index is 2.46. The average Bonchev–Trinajstić information content (AvgIpc) is 2.08. The second kappa shape index (κ2) is 3.34. The van der Waals surface area contributed by atoms with Gasteiger partial charge < -0.3 is 5.73 Å². The molecule has 1 fully saturated rings. The summed E-state index contributed by atoms with van der Waals surface area (Å²) in [5, 5.41) is 7.67. The van der Waals surface area contributed by atoms with Gasteiger partial charge in [0, 0.05) is 18.4 Å². The maximum atomic E-state index is 12.9. The maximum absolute atomic E-state index is 12.9. The normalized spacial score (nSPS) is 21.6. The molecule has 0 spiro atoms. The molecule has 1 heterocycles. The first-order chi connectivity index (χ1) is 7.25. The number of alkyl halides is 2. The van der Waals surface area contributed by atoms with Crippen LogP contribution in [0.25, 0.3) is 0 Å². The molecular formula is C10H12ClF2N3. The molecule has 0 amide bonds. The van der Waals surface area contributed by atoms with Crippen molar-refractivity contribution >= 4 is 11.6 Å². The third-order valence-electron chi connectivity index (χ3n) is 3.06. The minimum atomic E-state index is -2.69. The van der Waals surface area contributed by atoms with Gasteiger partial charge in [-0.2, -0.15) is 5.10 Å². The Morgan fingerprint density at radius 3 is 2.31 bits per heavy atom. The van der Waals surface area contributed by atoms with Crippen LogP contribution in [0.5, 0.6) is 0 Å². The van der Waals surface area contributed by atoms with E-state index in [2.05, 4.69) is 10.2 Å². The number of rotatable bonds is 1. The summed E-state index contributed by atoms with van der Waals surface area (Å²) in [6, 6.07) is 0. The first-order valence-electron chi connectivity index (χ1n) is 4.92. The highest BCUT2D eigenvalue weighted by atomic mass is 35.5. The van der Waals surface area contributed by atoms with E-state index in [0.717, 1.165) is 5.56 Å². The van der Waals surface area contributed by atoms with Crippen LogP contribution in [0.3, 0.4) is 0 Å². The van der Waals surface area contributed by atoms with Crippen molar-refractivity contribution in [2.45, 2.75) is 38.2 Å². The molecule has 0 radical (unpaired) electrons. The van der Waals surface area contributed by atoms with Crippen LogP contribution in [0.15, 0.2) is 0 Å². The lowest BCUT2D eigenvalue weighted by Crippen LogP contribution is -2.56. The van der Waals surface area contributed by atoms with Crippen molar-refractivity contribution in [3.8, 4) is 0 Å². The Morgan fingerprint density at radius 1 is 1.25 bits per heavy atom. The van der Waals surface area contributed by atoms with Crippen LogP contribution in [-0.2, 0) is 5.54 Å². The number of nitrogens with two attached hydrogens (primary N) is 1. The standard InChI is InChI=1S/C10H12ClF2N3/c1-5-6(2)15-16-8(11)7(5)9(14)3-10(12,13)4-9/h3-4,14H2,1-2H3. The summed E-state index contributed by atoms with van der Waals surface area (Å²) in [7, 11) is 0. The fourth-order valence-corrected chi connectivity index (χ4v) is 2.57. The minimum Gasteiger partial charge on any atom is -0.321 e. The number of hydrogen-bond donors (Lipinski definition) is 1. The van der Waals surface area contributed by atoms with Crippen molar-refractivity contribution in [2.24, 2.45) is 5.73 Å². The summed E-state index contributed by atoms with van der Waals surface area (Å²) in [4.78, 5) is 0. The fraction of sp³-hybridized carbons (Fsp3) is 0.600. The van der Waals surface area contributed by atoms with Gasteiger partial charge in [0.2, 0.25) is 0 Å². The third kappa shape index (κ3) is 1.68. The van der Waals surface area contributed by atoms with E-state index in [1.807, 2.05) is 0 Å². The number of aryl methyl sites for hydroxylation is 1. The van der Waals surface area contributed by atoms with Gasteiger partial charge in [-0.15, -0.1) is 5.10 Å². The first-order valence-corrected chi connectivity index (χ1v) is 5.30. The van der Waals surface area contributed by atoms with Crippen molar-refractivity contribution < 1.29 is 8.78 Å².